The molecule has 0 aromatic rings. The second-order valence-corrected chi connectivity index (χ2v) is 14.1. The molecule has 0 aliphatic heterocycles. The van der Waals surface area contributed by atoms with Crippen molar-refractivity contribution in [1.29, 1.82) is 0 Å². The second-order valence-electron chi connectivity index (χ2n) is 4.72. The maximum absolute atomic E-state index is 11.8. The molecule has 160 valence electrons. The SMILES string of the molecule is O=C(CSCCS(=O)CSCSC(=O)CSCCS(=O)CCO)SCCO. The van der Waals surface area contributed by atoms with E-state index in [1.807, 2.05) is 0 Å². The lowest BCUT2D eigenvalue weighted by atomic mass is 10.9. The Kier molecular flexibility index (Phi) is 21.6. The third-order valence-electron chi connectivity index (χ3n) is 2.54. The number of aliphatic hydroxyl groups excluding tert-OH is 2. The molecule has 0 aliphatic rings. The highest BCUT2D eigenvalue weighted by Gasteiger charge is 2.07. The lowest BCUT2D eigenvalue weighted by molar-refractivity contribution is -0.109. The molecule has 2 unspecified atom stereocenters. The zero-order valence-corrected chi connectivity index (χ0v) is 20.6. The van der Waals surface area contributed by atoms with E-state index in [4.69, 9.17) is 10.2 Å². The summed E-state index contributed by atoms with van der Waals surface area (Å²) in [6.45, 7) is -0.0851. The van der Waals surface area contributed by atoms with Crippen molar-refractivity contribution in [3.8, 4) is 0 Å². The van der Waals surface area contributed by atoms with Gasteiger partial charge in [-0.25, -0.2) is 0 Å². The number of hydrogen-bond acceptors (Lipinski definition) is 11. The van der Waals surface area contributed by atoms with Crippen LogP contribution in [0.3, 0.4) is 0 Å². The summed E-state index contributed by atoms with van der Waals surface area (Å²) in [7, 11) is -1.98. The van der Waals surface area contributed by atoms with Crippen LogP contribution >= 0.6 is 58.8 Å². The van der Waals surface area contributed by atoms with Crippen molar-refractivity contribution in [2.75, 3.05) is 69.4 Å². The number of rotatable bonds is 18. The van der Waals surface area contributed by atoms with Crippen LogP contribution in [0.15, 0.2) is 0 Å². The highest BCUT2D eigenvalue weighted by atomic mass is 32.2. The third kappa shape index (κ3) is 20.4. The standard InChI is InChI=1S/C14H26O6S7/c15-1-3-24-13(17)9-22-5-8-27(20)12-23-11-25-14(18)10-21-4-7-26(19)6-2-16/h15-16H,1-12H2. The Morgan fingerprint density at radius 1 is 0.704 bits per heavy atom. The van der Waals surface area contributed by atoms with Crippen molar-refractivity contribution >= 4 is 90.6 Å². The Morgan fingerprint density at radius 3 is 1.89 bits per heavy atom. The number of carbonyl (C=O) groups is 2. The molecular weight excluding hydrogens is 489 g/mol. The molecule has 0 amide bonds. The average molecular weight is 515 g/mol. The molecule has 13 heteroatoms. The van der Waals surface area contributed by atoms with Gasteiger partial charge in [-0.1, -0.05) is 23.5 Å². The molecule has 0 aromatic carbocycles. The molecule has 0 bridgehead atoms. The Balaban J connectivity index is 3.49. The predicted octanol–water partition coefficient (Wildman–Crippen LogP) is 1.10. The van der Waals surface area contributed by atoms with Crippen molar-refractivity contribution in [2.45, 2.75) is 0 Å². The minimum Gasteiger partial charge on any atom is -0.396 e. The highest BCUT2D eigenvalue weighted by molar-refractivity contribution is 8.26. The van der Waals surface area contributed by atoms with Gasteiger partial charge in [0.1, 0.15) is 0 Å². The van der Waals surface area contributed by atoms with Crippen LogP contribution in [-0.2, 0) is 31.2 Å². The van der Waals surface area contributed by atoms with E-state index in [0.29, 0.717) is 50.4 Å². The van der Waals surface area contributed by atoms with Gasteiger partial charge in [0.2, 0.25) is 0 Å². The summed E-state index contributed by atoms with van der Waals surface area (Å²) >= 11 is 6.67. The van der Waals surface area contributed by atoms with Gasteiger partial charge in [0.25, 0.3) is 0 Å². The molecule has 0 spiro atoms. The predicted molar refractivity (Wildman–Crippen MR) is 127 cm³/mol. The Labute approximate surface area is 187 Å². The maximum atomic E-state index is 11.8. The fourth-order valence-electron chi connectivity index (χ4n) is 1.35. The van der Waals surface area contributed by atoms with Crippen molar-refractivity contribution in [2.24, 2.45) is 0 Å². The van der Waals surface area contributed by atoms with Crippen molar-refractivity contribution in [1.82, 2.24) is 0 Å². The number of thioether (sulfide) groups is 5. The number of aliphatic hydroxyl groups is 2. The van der Waals surface area contributed by atoms with Crippen molar-refractivity contribution in [3.63, 3.8) is 0 Å². The summed E-state index contributed by atoms with van der Waals surface area (Å²) in [5, 5.41) is 18.4. The summed E-state index contributed by atoms with van der Waals surface area (Å²) in [5.74, 6) is 3.73. The van der Waals surface area contributed by atoms with Crippen LogP contribution < -0.4 is 0 Å². The lowest BCUT2D eigenvalue weighted by Crippen LogP contribution is -2.09. The Morgan fingerprint density at radius 2 is 1.30 bits per heavy atom. The van der Waals surface area contributed by atoms with Gasteiger partial charge in [0.05, 0.1) is 29.8 Å². The Bertz CT molecular complexity index is 463. The van der Waals surface area contributed by atoms with Crippen molar-refractivity contribution in [3.05, 3.63) is 0 Å². The Hall–Kier alpha value is 1.31. The van der Waals surface area contributed by atoms with Gasteiger partial charge in [0, 0.05) is 61.2 Å². The quantitative estimate of drug-likeness (QED) is 0.203. The minimum absolute atomic E-state index is 0.00689. The van der Waals surface area contributed by atoms with E-state index in [0.717, 1.165) is 11.8 Å². The molecule has 2 N–H and O–H groups in total. The zero-order valence-electron chi connectivity index (χ0n) is 14.9. The molecule has 2 atom stereocenters. The number of carbonyl (C=O) groups excluding carboxylic acids is 2. The molecular formula is C14H26O6S7. The minimum atomic E-state index is -1.01. The first-order chi connectivity index (χ1) is 13.0. The first-order valence-electron chi connectivity index (χ1n) is 7.95. The first kappa shape index (κ1) is 28.3. The van der Waals surface area contributed by atoms with Gasteiger partial charge in [-0.2, -0.15) is 23.5 Å². The summed E-state index contributed by atoms with van der Waals surface area (Å²) < 4.78 is 23.2. The summed E-state index contributed by atoms with van der Waals surface area (Å²) in [4.78, 5) is 23.1. The zero-order chi connectivity index (χ0) is 20.3. The fourth-order valence-corrected chi connectivity index (χ4v) is 9.26. The monoisotopic (exact) mass is 514 g/mol. The molecule has 0 aliphatic carbocycles. The van der Waals surface area contributed by atoms with E-state index < -0.39 is 21.6 Å². The van der Waals surface area contributed by atoms with Crippen LogP contribution in [-0.4, -0.2) is 98.3 Å². The van der Waals surface area contributed by atoms with Gasteiger partial charge in [-0.3, -0.25) is 18.0 Å². The topological polar surface area (TPSA) is 109 Å². The third-order valence-corrected chi connectivity index (χ3v) is 11.5. The van der Waals surface area contributed by atoms with Gasteiger partial charge < -0.3 is 10.2 Å². The van der Waals surface area contributed by atoms with Gasteiger partial charge in [-0.15, -0.1) is 11.8 Å². The molecule has 0 aromatic heterocycles. The molecule has 0 saturated heterocycles. The van der Waals surface area contributed by atoms with Crippen LogP contribution in [0, 0.1) is 0 Å². The van der Waals surface area contributed by atoms with Crippen LogP contribution in [0.1, 0.15) is 0 Å². The second kappa shape index (κ2) is 20.6. The molecule has 6 nitrogen and oxygen atoms in total. The van der Waals surface area contributed by atoms with E-state index in [2.05, 4.69) is 0 Å². The smallest absolute Gasteiger partial charge is 0.199 e. The van der Waals surface area contributed by atoms with Crippen LogP contribution in [0.4, 0.5) is 0 Å². The van der Waals surface area contributed by atoms with E-state index >= 15 is 0 Å². The van der Waals surface area contributed by atoms with Gasteiger partial charge >= 0.3 is 0 Å². The van der Waals surface area contributed by atoms with E-state index in [9.17, 15) is 18.0 Å². The van der Waals surface area contributed by atoms with Crippen LogP contribution in [0.25, 0.3) is 0 Å². The molecule has 0 rings (SSSR count). The normalized spacial score (nSPS) is 13.4. The van der Waals surface area contributed by atoms with Gasteiger partial charge in [0.15, 0.2) is 10.2 Å². The van der Waals surface area contributed by atoms with E-state index in [1.54, 1.807) is 0 Å². The molecule has 0 radical (unpaired) electrons. The van der Waals surface area contributed by atoms with Crippen LogP contribution in [0.2, 0.25) is 0 Å². The molecule has 0 saturated carbocycles. The van der Waals surface area contributed by atoms with Gasteiger partial charge in [-0.05, 0) is 0 Å². The largest absolute Gasteiger partial charge is 0.396 e. The number of hydrogen-bond donors (Lipinski definition) is 2. The summed E-state index contributed by atoms with van der Waals surface area (Å²) in [6.07, 6.45) is 0. The average Bonchev–Trinajstić information content (AvgIpc) is 2.64. The summed E-state index contributed by atoms with van der Waals surface area (Å²) in [5.41, 5.74) is 0. The lowest BCUT2D eigenvalue weighted by Gasteiger charge is -2.03. The van der Waals surface area contributed by atoms with E-state index in [1.165, 1.54) is 47.0 Å². The van der Waals surface area contributed by atoms with Crippen LogP contribution in [0.5, 0.6) is 0 Å². The molecule has 27 heavy (non-hydrogen) atoms. The summed E-state index contributed by atoms with van der Waals surface area (Å²) in [6, 6.07) is 0. The molecule has 0 fully saturated rings. The fraction of sp³-hybridized carbons (Fsp3) is 0.857. The molecule has 0 heterocycles. The highest BCUT2D eigenvalue weighted by Crippen LogP contribution is 2.17. The van der Waals surface area contributed by atoms with Crippen molar-refractivity contribution < 1.29 is 28.2 Å². The maximum Gasteiger partial charge on any atom is 0.199 e. The van der Waals surface area contributed by atoms with E-state index in [-0.39, 0.29) is 29.2 Å². The first-order valence-corrected chi connectivity index (χ1v) is 16.4.